The third kappa shape index (κ3) is 4.46. The molecule has 0 fully saturated rings. The molecule has 0 saturated carbocycles. The van der Waals surface area contributed by atoms with Gasteiger partial charge in [-0.3, -0.25) is 10.1 Å². The van der Waals surface area contributed by atoms with E-state index in [0.717, 1.165) is 12.1 Å². The summed E-state index contributed by atoms with van der Waals surface area (Å²) in [6.07, 6.45) is 4.71. The second kappa shape index (κ2) is 6.85. The average Bonchev–Trinajstić information content (AvgIpc) is 2.40. The van der Waals surface area contributed by atoms with Gasteiger partial charge in [-0.25, -0.2) is 14.0 Å². The van der Waals surface area contributed by atoms with E-state index in [4.69, 9.17) is 11.5 Å². The minimum atomic E-state index is -1.34. The summed E-state index contributed by atoms with van der Waals surface area (Å²) in [4.78, 5) is 31.9. The lowest BCUT2D eigenvalue weighted by molar-refractivity contribution is -0.385. The van der Waals surface area contributed by atoms with Crippen LogP contribution in [0.25, 0.3) is 0 Å². The summed E-state index contributed by atoms with van der Waals surface area (Å²) in [6, 6.07) is 0.298. The summed E-state index contributed by atoms with van der Waals surface area (Å²) in [7, 11) is 0. The number of hydrogen-bond acceptors (Lipinski definition) is 4. The van der Waals surface area contributed by atoms with Crippen molar-refractivity contribution >= 4 is 23.4 Å². The predicted octanol–water partition coefficient (Wildman–Crippen LogP) is 1.33. The fourth-order valence-electron chi connectivity index (χ4n) is 1.35. The highest BCUT2D eigenvalue weighted by Gasteiger charge is 2.19. The average molecular weight is 295 g/mol. The van der Waals surface area contributed by atoms with Gasteiger partial charge in [0.1, 0.15) is 6.04 Å². The van der Waals surface area contributed by atoms with Crippen molar-refractivity contribution in [1.29, 1.82) is 0 Å². The summed E-state index contributed by atoms with van der Waals surface area (Å²) >= 11 is 0. The van der Waals surface area contributed by atoms with Crippen molar-refractivity contribution in [3.63, 3.8) is 0 Å². The number of carbonyl (C=O) groups excluding carboxylic acids is 1. The number of nitrogens with zero attached hydrogens (tertiary/aromatic N) is 1. The molecule has 1 aromatic carbocycles. The van der Waals surface area contributed by atoms with Crippen LogP contribution < -0.4 is 10.6 Å². The Morgan fingerprint density at radius 2 is 2.19 bits per heavy atom. The summed E-state index contributed by atoms with van der Waals surface area (Å²) in [5, 5.41) is 23.3. The summed E-state index contributed by atoms with van der Waals surface area (Å²) in [5.41, 5.74) is -0.808. The zero-order valence-electron chi connectivity index (χ0n) is 10.5. The number of carboxylic acids is 1. The van der Waals surface area contributed by atoms with E-state index < -0.39 is 34.5 Å². The summed E-state index contributed by atoms with van der Waals surface area (Å²) in [6.45, 7) is 0. The van der Waals surface area contributed by atoms with Crippen LogP contribution in [0, 0.1) is 28.3 Å². The Kier molecular flexibility index (Phi) is 5.19. The van der Waals surface area contributed by atoms with Crippen LogP contribution in [0.5, 0.6) is 0 Å². The molecule has 0 aliphatic carbocycles. The van der Waals surface area contributed by atoms with Crippen LogP contribution in [-0.2, 0) is 4.79 Å². The molecule has 0 spiro atoms. The van der Waals surface area contributed by atoms with Crippen LogP contribution in [0.15, 0.2) is 18.2 Å². The van der Waals surface area contributed by atoms with Crippen LogP contribution in [0.2, 0.25) is 0 Å². The van der Waals surface area contributed by atoms with E-state index in [1.165, 1.54) is 0 Å². The number of rotatable bonds is 5. The number of amides is 2. The number of urea groups is 1. The monoisotopic (exact) mass is 295 g/mol. The maximum absolute atomic E-state index is 13.5. The van der Waals surface area contributed by atoms with Gasteiger partial charge >= 0.3 is 12.0 Å². The Labute approximate surface area is 118 Å². The number of carbonyl (C=O) groups is 2. The van der Waals surface area contributed by atoms with Gasteiger partial charge < -0.3 is 15.7 Å². The Hall–Kier alpha value is -3.15. The van der Waals surface area contributed by atoms with Gasteiger partial charge in [0.25, 0.3) is 5.69 Å². The van der Waals surface area contributed by atoms with Gasteiger partial charge in [-0.2, -0.15) is 0 Å². The largest absolute Gasteiger partial charge is 0.480 e. The van der Waals surface area contributed by atoms with Crippen molar-refractivity contribution in [1.82, 2.24) is 5.32 Å². The minimum Gasteiger partial charge on any atom is -0.480 e. The third-order valence-electron chi connectivity index (χ3n) is 2.34. The zero-order chi connectivity index (χ0) is 16.0. The van der Waals surface area contributed by atoms with Crippen molar-refractivity contribution in [3.05, 3.63) is 34.1 Å². The van der Waals surface area contributed by atoms with E-state index in [2.05, 4.69) is 5.92 Å². The van der Waals surface area contributed by atoms with Gasteiger partial charge in [-0.1, -0.05) is 0 Å². The lowest BCUT2D eigenvalue weighted by Gasteiger charge is -2.13. The highest BCUT2D eigenvalue weighted by atomic mass is 19.1. The molecule has 0 aliphatic heterocycles. The fourth-order valence-corrected chi connectivity index (χ4v) is 1.35. The number of nitro benzene ring substituents is 1. The smallest absolute Gasteiger partial charge is 0.327 e. The van der Waals surface area contributed by atoms with Crippen LogP contribution in [-0.4, -0.2) is 28.1 Å². The lowest BCUT2D eigenvalue weighted by atomic mass is 10.2. The fraction of sp³-hybridized carbons (Fsp3) is 0.167. The van der Waals surface area contributed by atoms with Gasteiger partial charge in [0.05, 0.1) is 16.7 Å². The first-order chi connectivity index (χ1) is 9.85. The molecular weight excluding hydrogens is 285 g/mol. The van der Waals surface area contributed by atoms with Crippen molar-refractivity contribution in [2.24, 2.45) is 0 Å². The minimum absolute atomic E-state index is 0.245. The molecule has 0 heterocycles. The first-order valence-corrected chi connectivity index (χ1v) is 5.53. The van der Waals surface area contributed by atoms with Gasteiger partial charge in [0.15, 0.2) is 5.82 Å². The van der Waals surface area contributed by atoms with Crippen LogP contribution in [0.3, 0.4) is 0 Å². The second-order valence-corrected chi connectivity index (χ2v) is 3.82. The van der Waals surface area contributed by atoms with E-state index in [1.54, 1.807) is 0 Å². The number of nitrogens with one attached hydrogen (secondary N) is 2. The molecule has 21 heavy (non-hydrogen) atoms. The summed E-state index contributed by atoms with van der Waals surface area (Å²) < 4.78 is 13.5. The molecular formula is C12H10FN3O5. The molecule has 110 valence electrons. The van der Waals surface area contributed by atoms with Gasteiger partial charge in [0, 0.05) is 12.5 Å². The Balaban J connectivity index is 2.77. The van der Waals surface area contributed by atoms with Crippen molar-refractivity contribution in [2.45, 2.75) is 12.5 Å². The third-order valence-corrected chi connectivity index (χ3v) is 2.34. The number of nitro groups is 1. The standard InChI is InChI=1S/C12H10FN3O5/c1-2-3-10(11(17)18)15-12(19)14-9-5-4-7(16(20)21)6-8(9)13/h1,4-6,10H,3H2,(H,17,18)(H2,14,15,19). The van der Waals surface area contributed by atoms with E-state index in [1.807, 2.05) is 10.6 Å². The SMILES string of the molecule is C#CCC(NC(=O)Nc1ccc([N+](=O)[O-])cc1F)C(=O)O. The van der Waals surface area contributed by atoms with E-state index in [9.17, 15) is 24.1 Å². The zero-order valence-corrected chi connectivity index (χ0v) is 10.5. The molecule has 1 rings (SSSR count). The number of hydrogen-bond donors (Lipinski definition) is 3. The Morgan fingerprint density at radius 1 is 1.52 bits per heavy atom. The number of benzene rings is 1. The van der Waals surface area contributed by atoms with Crippen LogP contribution in [0.4, 0.5) is 20.6 Å². The maximum Gasteiger partial charge on any atom is 0.327 e. The molecule has 0 saturated heterocycles. The van der Waals surface area contributed by atoms with Crippen molar-refractivity contribution in [3.8, 4) is 12.3 Å². The highest BCUT2D eigenvalue weighted by Crippen LogP contribution is 2.20. The number of carboxylic acid groups (broad SMARTS) is 1. The first kappa shape index (κ1) is 15.9. The van der Waals surface area contributed by atoms with Crippen LogP contribution >= 0.6 is 0 Å². The molecule has 9 heteroatoms. The van der Waals surface area contributed by atoms with Gasteiger partial charge in [-0.05, 0) is 6.07 Å². The Morgan fingerprint density at radius 3 is 2.67 bits per heavy atom. The quantitative estimate of drug-likeness (QED) is 0.430. The van der Waals surface area contributed by atoms with E-state index in [-0.39, 0.29) is 12.1 Å². The van der Waals surface area contributed by atoms with Gasteiger partial charge in [-0.15, -0.1) is 12.3 Å². The maximum atomic E-state index is 13.5. The van der Waals surface area contributed by atoms with E-state index in [0.29, 0.717) is 6.07 Å². The number of anilines is 1. The molecule has 8 nitrogen and oxygen atoms in total. The molecule has 1 atom stereocenters. The molecule has 0 aromatic heterocycles. The number of terminal acetylenes is 1. The first-order valence-electron chi connectivity index (χ1n) is 5.53. The molecule has 2 amide bonds. The second-order valence-electron chi connectivity index (χ2n) is 3.82. The van der Waals surface area contributed by atoms with Gasteiger partial charge in [0.2, 0.25) is 0 Å². The highest BCUT2D eigenvalue weighted by molar-refractivity contribution is 5.92. The molecule has 0 bridgehead atoms. The molecule has 1 aromatic rings. The molecule has 0 aliphatic rings. The Bertz CT molecular complexity index is 626. The van der Waals surface area contributed by atoms with Crippen molar-refractivity contribution in [2.75, 3.05) is 5.32 Å². The summed E-state index contributed by atoms with van der Waals surface area (Å²) in [5.74, 6) is -0.288. The number of non-ortho nitro benzene ring substituents is 1. The lowest BCUT2D eigenvalue weighted by Crippen LogP contribution is -2.42. The number of aliphatic carboxylic acids is 1. The molecule has 3 N–H and O–H groups in total. The normalized spacial score (nSPS) is 11.0. The van der Waals surface area contributed by atoms with E-state index >= 15 is 0 Å². The topological polar surface area (TPSA) is 122 Å². The predicted molar refractivity (Wildman–Crippen MR) is 70.1 cm³/mol. The van der Waals surface area contributed by atoms with Crippen LogP contribution in [0.1, 0.15) is 6.42 Å². The molecule has 0 radical (unpaired) electrons. The number of halogens is 1. The molecule has 1 unspecified atom stereocenters. The van der Waals surface area contributed by atoms with Crippen molar-refractivity contribution < 1.29 is 24.0 Å².